The molecule has 1 atom stereocenters. The highest BCUT2D eigenvalue weighted by Gasteiger charge is 2.19. The second kappa shape index (κ2) is 5.32. The molecule has 0 fully saturated rings. The van der Waals surface area contributed by atoms with Gasteiger partial charge >= 0.3 is 0 Å². The Morgan fingerprint density at radius 3 is 2.48 bits per heavy atom. The topological polar surface area (TPSA) is 39.2 Å². The Morgan fingerprint density at radius 1 is 1.00 bits per heavy atom. The summed E-state index contributed by atoms with van der Waals surface area (Å²) in [6, 6.07) is 12.1. The second-order valence-corrected chi connectivity index (χ2v) is 6.47. The van der Waals surface area contributed by atoms with Crippen molar-refractivity contribution < 1.29 is 4.42 Å². The Balaban J connectivity index is 2.10. The van der Waals surface area contributed by atoms with E-state index in [2.05, 4.69) is 61.0 Å². The average Bonchev–Trinajstić information content (AvgIpc) is 2.78. The fourth-order valence-electron chi connectivity index (χ4n) is 2.62. The minimum absolute atomic E-state index is 0.240. The molecule has 0 spiro atoms. The summed E-state index contributed by atoms with van der Waals surface area (Å²) in [5.74, 6) is 0.839. The van der Waals surface area contributed by atoms with E-state index in [1.807, 2.05) is 12.1 Å². The molecule has 0 aliphatic carbocycles. The van der Waals surface area contributed by atoms with Crippen LogP contribution in [0.5, 0.6) is 0 Å². The number of fused-ring (bicyclic) bond motifs is 1. The van der Waals surface area contributed by atoms with Crippen LogP contribution in [0.2, 0.25) is 0 Å². The first kappa shape index (κ1) is 14.4. The van der Waals surface area contributed by atoms with Crippen molar-refractivity contribution in [1.29, 1.82) is 0 Å². The predicted octanol–water partition coefficient (Wildman–Crippen LogP) is 5.17. The van der Waals surface area contributed by atoms with Gasteiger partial charge < -0.3 is 10.2 Å². The van der Waals surface area contributed by atoms with E-state index in [1.165, 1.54) is 11.1 Å². The minimum Gasteiger partial charge on any atom is -0.459 e. The van der Waals surface area contributed by atoms with Crippen molar-refractivity contribution in [3.05, 3.63) is 68.9 Å². The van der Waals surface area contributed by atoms with Crippen LogP contribution >= 0.6 is 15.9 Å². The van der Waals surface area contributed by atoms with Gasteiger partial charge in [0.05, 0.1) is 6.04 Å². The standard InChI is InChI=1S/C18H18BrNO/c1-10-4-5-13(8-11(10)2)17(20)18-12(3)15-9-14(19)6-7-16(15)21-18/h4-9,17H,20H2,1-3H3. The first-order valence-electron chi connectivity index (χ1n) is 6.98. The number of rotatable bonds is 2. The van der Waals surface area contributed by atoms with Crippen molar-refractivity contribution in [3.8, 4) is 0 Å². The molecular weight excluding hydrogens is 326 g/mol. The normalized spacial score (nSPS) is 12.8. The maximum absolute atomic E-state index is 6.43. The number of aryl methyl sites for hydroxylation is 3. The summed E-state index contributed by atoms with van der Waals surface area (Å²) in [4.78, 5) is 0. The molecule has 3 heteroatoms. The SMILES string of the molecule is Cc1ccc(C(N)c2oc3ccc(Br)cc3c2C)cc1C. The van der Waals surface area contributed by atoms with Crippen molar-refractivity contribution in [3.63, 3.8) is 0 Å². The maximum Gasteiger partial charge on any atom is 0.134 e. The molecule has 0 aliphatic rings. The van der Waals surface area contributed by atoms with Crippen molar-refractivity contribution in [2.45, 2.75) is 26.8 Å². The van der Waals surface area contributed by atoms with E-state index in [0.29, 0.717) is 0 Å². The summed E-state index contributed by atoms with van der Waals surface area (Å²) in [6.07, 6.45) is 0. The first-order valence-corrected chi connectivity index (χ1v) is 7.78. The fourth-order valence-corrected chi connectivity index (χ4v) is 2.98. The fraction of sp³-hybridized carbons (Fsp3) is 0.222. The zero-order chi connectivity index (χ0) is 15.1. The van der Waals surface area contributed by atoms with Crippen LogP contribution in [-0.2, 0) is 0 Å². The highest BCUT2D eigenvalue weighted by molar-refractivity contribution is 9.10. The first-order chi connectivity index (χ1) is 9.97. The Morgan fingerprint density at radius 2 is 1.76 bits per heavy atom. The third-order valence-corrected chi connectivity index (χ3v) is 4.60. The molecule has 0 amide bonds. The summed E-state index contributed by atoms with van der Waals surface area (Å²) in [7, 11) is 0. The van der Waals surface area contributed by atoms with Crippen molar-refractivity contribution >= 4 is 26.9 Å². The summed E-state index contributed by atoms with van der Waals surface area (Å²) >= 11 is 3.50. The smallest absolute Gasteiger partial charge is 0.134 e. The van der Waals surface area contributed by atoms with Gasteiger partial charge in [-0.3, -0.25) is 0 Å². The molecule has 2 aromatic carbocycles. The number of nitrogens with two attached hydrogens (primary N) is 1. The van der Waals surface area contributed by atoms with E-state index in [1.54, 1.807) is 0 Å². The average molecular weight is 344 g/mol. The molecule has 108 valence electrons. The molecule has 0 saturated heterocycles. The van der Waals surface area contributed by atoms with Gasteiger partial charge in [0.2, 0.25) is 0 Å². The molecule has 1 heterocycles. The van der Waals surface area contributed by atoms with Gasteiger partial charge in [0.15, 0.2) is 0 Å². The minimum atomic E-state index is -0.240. The molecule has 2 N–H and O–H groups in total. The van der Waals surface area contributed by atoms with Crippen molar-refractivity contribution in [1.82, 2.24) is 0 Å². The van der Waals surface area contributed by atoms with Gasteiger partial charge in [-0.2, -0.15) is 0 Å². The molecular formula is C18H18BrNO. The molecule has 0 aliphatic heterocycles. The molecule has 1 aromatic heterocycles. The molecule has 0 saturated carbocycles. The van der Waals surface area contributed by atoms with Crippen LogP contribution in [0.3, 0.4) is 0 Å². The molecule has 3 rings (SSSR count). The summed E-state index contributed by atoms with van der Waals surface area (Å²) in [5.41, 5.74) is 12.0. The Kier molecular flexibility index (Phi) is 3.64. The quantitative estimate of drug-likeness (QED) is 0.697. The number of halogens is 1. The van der Waals surface area contributed by atoms with Crippen LogP contribution in [-0.4, -0.2) is 0 Å². The maximum atomic E-state index is 6.43. The van der Waals surface area contributed by atoms with Crippen LogP contribution in [0.1, 0.15) is 34.1 Å². The summed E-state index contributed by atoms with van der Waals surface area (Å²) in [6.45, 7) is 6.28. The van der Waals surface area contributed by atoms with Gasteiger partial charge in [-0.25, -0.2) is 0 Å². The van der Waals surface area contributed by atoms with E-state index in [9.17, 15) is 0 Å². The highest BCUT2D eigenvalue weighted by Crippen LogP contribution is 2.33. The third kappa shape index (κ3) is 2.52. The summed E-state index contributed by atoms with van der Waals surface area (Å²) in [5, 5.41) is 1.11. The number of hydrogen-bond donors (Lipinski definition) is 1. The lowest BCUT2D eigenvalue weighted by Crippen LogP contribution is -2.12. The van der Waals surface area contributed by atoms with E-state index >= 15 is 0 Å². The van der Waals surface area contributed by atoms with Crippen LogP contribution in [0.4, 0.5) is 0 Å². The molecule has 2 nitrogen and oxygen atoms in total. The largest absolute Gasteiger partial charge is 0.459 e. The zero-order valence-electron chi connectivity index (χ0n) is 12.4. The highest BCUT2D eigenvalue weighted by atomic mass is 79.9. The van der Waals surface area contributed by atoms with Crippen molar-refractivity contribution in [2.24, 2.45) is 5.73 Å². The van der Waals surface area contributed by atoms with Gasteiger partial charge in [-0.1, -0.05) is 34.1 Å². The number of benzene rings is 2. The number of hydrogen-bond acceptors (Lipinski definition) is 2. The lowest BCUT2D eigenvalue weighted by molar-refractivity contribution is 0.521. The van der Waals surface area contributed by atoms with Gasteiger partial charge in [0.25, 0.3) is 0 Å². The van der Waals surface area contributed by atoms with E-state index in [0.717, 1.165) is 32.3 Å². The predicted molar refractivity (Wildman–Crippen MR) is 90.6 cm³/mol. The van der Waals surface area contributed by atoms with Crippen molar-refractivity contribution in [2.75, 3.05) is 0 Å². The van der Waals surface area contributed by atoms with E-state index in [4.69, 9.17) is 10.2 Å². The van der Waals surface area contributed by atoms with Gasteiger partial charge in [-0.05, 0) is 55.7 Å². The Hall–Kier alpha value is -1.58. The van der Waals surface area contributed by atoms with Crippen LogP contribution in [0.25, 0.3) is 11.0 Å². The summed E-state index contributed by atoms with van der Waals surface area (Å²) < 4.78 is 7.04. The second-order valence-electron chi connectivity index (χ2n) is 5.55. The van der Waals surface area contributed by atoms with E-state index < -0.39 is 0 Å². The Bertz CT molecular complexity index is 819. The lowest BCUT2D eigenvalue weighted by Gasteiger charge is -2.12. The van der Waals surface area contributed by atoms with Crippen LogP contribution in [0, 0.1) is 20.8 Å². The molecule has 21 heavy (non-hydrogen) atoms. The van der Waals surface area contributed by atoms with Crippen LogP contribution in [0.15, 0.2) is 45.3 Å². The Labute approximate surface area is 133 Å². The zero-order valence-corrected chi connectivity index (χ0v) is 14.0. The lowest BCUT2D eigenvalue weighted by atomic mass is 9.98. The number of furan rings is 1. The third-order valence-electron chi connectivity index (χ3n) is 4.11. The molecule has 3 aromatic rings. The van der Waals surface area contributed by atoms with Gasteiger partial charge in [0.1, 0.15) is 11.3 Å². The van der Waals surface area contributed by atoms with E-state index in [-0.39, 0.29) is 6.04 Å². The monoisotopic (exact) mass is 343 g/mol. The van der Waals surface area contributed by atoms with Gasteiger partial charge in [-0.15, -0.1) is 0 Å². The van der Waals surface area contributed by atoms with Gasteiger partial charge in [0, 0.05) is 15.4 Å². The molecule has 0 bridgehead atoms. The molecule has 0 radical (unpaired) electrons. The van der Waals surface area contributed by atoms with Crippen LogP contribution < -0.4 is 5.73 Å². The molecule has 1 unspecified atom stereocenters.